The Kier molecular flexibility index (Phi) is 4.26. The first-order valence-electron chi connectivity index (χ1n) is 7.88. The van der Waals surface area contributed by atoms with Crippen molar-refractivity contribution in [3.63, 3.8) is 0 Å². The number of thiazole rings is 1. The Labute approximate surface area is 140 Å². The van der Waals surface area contributed by atoms with Gasteiger partial charge in [0.05, 0.1) is 15.9 Å². The van der Waals surface area contributed by atoms with Gasteiger partial charge in [-0.3, -0.25) is 4.79 Å². The zero-order valence-electron chi connectivity index (χ0n) is 13.8. The normalized spacial score (nSPS) is 15.4. The number of Topliss-reactive ketones (excluding diaryl/α,β-unsaturated/α-hetero) is 1. The van der Waals surface area contributed by atoms with Gasteiger partial charge < -0.3 is 0 Å². The van der Waals surface area contributed by atoms with Gasteiger partial charge in [0.25, 0.3) is 0 Å². The molecule has 1 aliphatic carbocycles. The number of aromatic nitrogens is 1. The second kappa shape index (κ2) is 6.20. The van der Waals surface area contributed by atoms with Crippen molar-refractivity contribution in [3.05, 3.63) is 47.6 Å². The molecule has 2 aromatic rings. The molecule has 1 aliphatic rings. The molecule has 3 rings (SSSR count). The number of ketones is 1. The third kappa shape index (κ3) is 3.17. The SMILES string of the molecule is CC(C)C1=CC(=Nc2nc3ccccc3s2)C=C(C(C)C)C1=O. The fourth-order valence-corrected chi connectivity index (χ4v) is 3.46. The van der Waals surface area contributed by atoms with Crippen molar-refractivity contribution in [2.75, 3.05) is 0 Å². The van der Waals surface area contributed by atoms with E-state index in [0.717, 1.165) is 32.2 Å². The number of hydrogen-bond donors (Lipinski definition) is 0. The van der Waals surface area contributed by atoms with Crippen molar-refractivity contribution >= 4 is 38.2 Å². The van der Waals surface area contributed by atoms with Crippen LogP contribution in [0.15, 0.2) is 52.6 Å². The minimum absolute atomic E-state index is 0.151. The molecule has 118 valence electrons. The van der Waals surface area contributed by atoms with E-state index in [0.29, 0.717) is 0 Å². The maximum absolute atomic E-state index is 12.5. The summed E-state index contributed by atoms with van der Waals surface area (Å²) in [5.74, 6) is 0.522. The Morgan fingerprint density at radius 2 is 1.61 bits per heavy atom. The molecule has 0 saturated carbocycles. The summed E-state index contributed by atoms with van der Waals surface area (Å²) in [6, 6.07) is 8.02. The molecule has 0 spiro atoms. The predicted molar refractivity (Wildman–Crippen MR) is 97.6 cm³/mol. The Balaban J connectivity index is 2.06. The summed E-state index contributed by atoms with van der Waals surface area (Å²) in [6.07, 6.45) is 3.82. The number of nitrogens with zero attached hydrogens (tertiary/aromatic N) is 2. The first-order chi connectivity index (χ1) is 11.0. The standard InChI is InChI=1S/C19H20N2OS/c1-11(2)14-9-13(10-15(12(3)4)18(14)22)20-19-21-16-7-5-6-8-17(16)23-19/h5-12H,1-4H3. The van der Waals surface area contributed by atoms with E-state index in [-0.39, 0.29) is 17.6 Å². The number of aliphatic imine (C=N–C) groups is 1. The molecule has 0 saturated heterocycles. The minimum atomic E-state index is 0.151. The maximum atomic E-state index is 12.5. The van der Waals surface area contributed by atoms with Gasteiger partial charge in [-0.25, -0.2) is 9.98 Å². The number of benzene rings is 1. The molecular weight excluding hydrogens is 304 g/mol. The zero-order chi connectivity index (χ0) is 16.6. The molecule has 0 amide bonds. The van der Waals surface area contributed by atoms with Gasteiger partial charge in [0.1, 0.15) is 0 Å². The van der Waals surface area contributed by atoms with Crippen LogP contribution in [0, 0.1) is 11.8 Å². The van der Waals surface area contributed by atoms with Crippen LogP contribution in [0.25, 0.3) is 10.2 Å². The van der Waals surface area contributed by atoms with E-state index in [9.17, 15) is 4.79 Å². The second-order valence-electron chi connectivity index (χ2n) is 6.34. The van der Waals surface area contributed by atoms with Crippen LogP contribution in [-0.2, 0) is 4.79 Å². The van der Waals surface area contributed by atoms with Crippen molar-refractivity contribution < 1.29 is 4.79 Å². The molecule has 0 atom stereocenters. The van der Waals surface area contributed by atoms with Gasteiger partial charge in [-0.2, -0.15) is 0 Å². The first-order valence-corrected chi connectivity index (χ1v) is 8.69. The van der Waals surface area contributed by atoms with E-state index >= 15 is 0 Å². The van der Waals surface area contributed by atoms with Crippen LogP contribution in [0.3, 0.4) is 0 Å². The largest absolute Gasteiger partial charge is 0.289 e. The van der Waals surface area contributed by atoms with Crippen LogP contribution >= 0.6 is 11.3 Å². The van der Waals surface area contributed by atoms with Crippen molar-refractivity contribution in [2.45, 2.75) is 27.7 Å². The summed E-state index contributed by atoms with van der Waals surface area (Å²) < 4.78 is 1.12. The van der Waals surface area contributed by atoms with Crippen LogP contribution in [-0.4, -0.2) is 16.5 Å². The predicted octanol–water partition coefficient (Wildman–Crippen LogP) is 5.12. The van der Waals surface area contributed by atoms with E-state index in [1.54, 1.807) is 11.3 Å². The molecule has 0 radical (unpaired) electrons. The van der Waals surface area contributed by atoms with Crippen molar-refractivity contribution in [3.8, 4) is 0 Å². The molecule has 0 N–H and O–H groups in total. The molecule has 0 aliphatic heterocycles. The molecule has 0 unspecified atom stereocenters. The molecule has 3 nitrogen and oxygen atoms in total. The third-order valence-corrected chi connectivity index (χ3v) is 4.81. The van der Waals surface area contributed by atoms with Crippen LogP contribution in [0.2, 0.25) is 0 Å². The van der Waals surface area contributed by atoms with Crippen molar-refractivity contribution in [1.82, 2.24) is 4.98 Å². The second-order valence-corrected chi connectivity index (χ2v) is 7.35. The molecule has 0 bridgehead atoms. The fraction of sp³-hybridized carbons (Fsp3) is 0.316. The Bertz CT molecular complexity index is 790. The molecule has 23 heavy (non-hydrogen) atoms. The zero-order valence-corrected chi connectivity index (χ0v) is 14.6. The van der Waals surface area contributed by atoms with Gasteiger partial charge in [0, 0.05) is 11.1 Å². The number of rotatable bonds is 3. The van der Waals surface area contributed by atoms with Gasteiger partial charge in [0.2, 0.25) is 5.13 Å². The van der Waals surface area contributed by atoms with E-state index in [2.05, 4.69) is 9.98 Å². The van der Waals surface area contributed by atoms with E-state index < -0.39 is 0 Å². The number of carbonyl (C=O) groups is 1. The summed E-state index contributed by atoms with van der Waals surface area (Å²) in [4.78, 5) is 21.8. The third-order valence-electron chi connectivity index (χ3n) is 3.88. The lowest BCUT2D eigenvalue weighted by Crippen LogP contribution is -2.20. The highest BCUT2D eigenvalue weighted by molar-refractivity contribution is 7.22. The van der Waals surface area contributed by atoms with Gasteiger partial charge in [-0.05, 0) is 36.1 Å². The number of fused-ring (bicyclic) bond motifs is 1. The Hall–Kier alpha value is -2.07. The van der Waals surface area contributed by atoms with Crippen molar-refractivity contribution in [1.29, 1.82) is 0 Å². The highest BCUT2D eigenvalue weighted by Gasteiger charge is 2.24. The molecule has 1 aromatic carbocycles. The molecule has 4 heteroatoms. The molecule has 1 aromatic heterocycles. The van der Waals surface area contributed by atoms with E-state index in [4.69, 9.17) is 0 Å². The monoisotopic (exact) mass is 324 g/mol. The van der Waals surface area contributed by atoms with Crippen LogP contribution in [0.4, 0.5) is 5.13 Å². The Morgan fingerprint density at radius 3 is 2.17 bits per heavy atom. The Morgan fingerprint density at radius 1 is 1.00 bits per heavy atom. The molecule has 0 fully saturated rings. The van der Waals surface area contributed by atoms with Gasteiger partial charge in [0.15, 0.2) is 5.78 Å². The molecular formula is C19H20N2OS. The van der Waals surface area contributed by atoms with Crippen LogP contribution in [0.5, 0.6) is 0 Å². The van der Waals surface area contributed by atoms with Gasteiger partial charge in [-0.15, -0.1) is 0 Å². The number of carbonyl (C=O) groups excluding carboxylic acids is 1. The smallest absolute Gasteiger partial charge is 0.210 e. The first kappa shape index (κ1) is 15.8. The number of para-hydroxylation sites is 1. The summed E-state index contributed by atoms with van der Waals surface area (Å²) in [5.41, 5.74) is 3.44. The number of allylic oxidation sites excluding steroid dienone is 4. The van der Waals surface area contributed by atoms with Crippen LogP contribution < -0.4 is 0 Å². The highest BCUT2D eigenvalue weighted by Crippen LogP contribution is 2.30. The summed E-state index contributed by atoms with van der Waals surface area (Å²) in [6.45, 7) is 8.18. The topological polar surface area (TPSA) is 42.3 Å². The fourth-order valence-electron chi connectivity index (χ4n) is 2.60. The quantitative estimate of drug-likeness (QED) is 0.736. The van der Waals surface area contributed by atoms with E-state index in [1.165, 1.54) is 0 Å². The van der Waals surface area contributed by atoms with E-state index in [1.807, 2.05) is 64.1 Å². The summed E-state index contributed by atoms with van der Waals surface area (Å²) >= 11 is 1.57. The lowest BCUT2D eigenvalue weighted by atomic mass is 9.84. The average Bonchev–Trinajstić information content (AvgIpc) is 2.90. The average molecular weight is 324 g/mol. The highest BCUT2D eigenvalue weighted by atomic mass is 32.1. The lowest BCUT2D eigenvalue weighted by molar-refractivity contribution is -0.113. The maximum Gasteiger partial charge on any atom is 0.210 e. The molecule has 1 heterocycles. The van der Waals surface area contributed by atoms with Gasteiger partial charge >= 0.3 is 0 Å². The lowest BCUT2D eigenvalue weighted by Gasteiger charge is -2.19. The van der Waals surface area contributed by atoms with Crippen molar-refractivity contribution in [2.24, 2.45) is 16.8 Å². The van der Waals surface area contributed by atoms with Gasteiger partial charge in [-0.1, -0.05) is 51.2 Å². The minimum Gasteiger partial charge on any atom is -0.289 e. The summed E-state index contributed by atoms with van der Waals surface area (Å²) in [7, 11) is 0. The summed E-state index contributed by atoms with van der Waals surface area (Å²) in [5, 5.41) is 0.731. The number of hydrogen-bond acceptors (Lipinski definition) is 4. The van der Waals surface area contributed by atoms with Crippen LogP contribution in [0.1, 0.15) is 27.7 Å².